The first-order valence-corrected chi connectivity index (χ1v) is 5.90. The number of hydrogen-bond acceptors (Lipinski definition) is 3. The molecule has 0 saturated carbocycles. The molecule has 0 N–H and O–H groups in total. The number of ether oxygens (including phenoxy) is 1. The molecule has 0 aliphatic heterocycles. The van der Waals surface area contributed by atoms with Crippen molar-refractivity contribution in [1.29, 1.82) is 0 Å². The van der Waals surface area contributed by atoms with Crippen molar-refractivity contribution in [2.24, 2.45) is 0 Å². The van der Waals surface area contributed by atoms with Gasteiger partial charge in [0.2, 0.25) is 0 Å². The molecule has 0 saturated heterocycles. The van der Waals surface area contributed by atoms with Crippen molar-refractivity contribution < 1.29 is 4.74 Å². The zero-order valence-corrected chi connectivity index (χ0v) is 10.7. The van der Waals surface area contributed by atoms with Gasteiger partial charge in [-0.15, -0.1) is 5.10 Å². The van der Waals surface area contributed by atoms with Gasteiger partial charge in [-0.25, -0.2) is 4.68 Å². The van der Waals surface area contributed by atoms with Crippen LogP contribution in [0.3, 0.4) is 0 Å². The molecule has 0 atom stereocenters. The average Bonchev–Trinajstić information content (AvgIpc) is 2.78. The quantitative estimate of drug-likeness (QED) is 0.858. The fraction of sp³-hybridized carbons (Fsp3) is 0.273. The van der Waals surface area contributed by atoms with E-state index >= 15 is 0 Å². The van der Waals surface area contributed by atoms with Crippen molar-refractivity contribution in [3.8, 4) is 5.69 Å². The van der Waals surface area contributed by atoms with Crippen LogP contribution in [0.15, 0.2) is 24.4 Å². The Hall–Kier alpha value is -1.10. The summed E-state index contributed by atoms with van der Waals surface area (Å²) < 4.78 is 6.83. The van der Waals surface area contributed by atoms with Gasteiger partial charge in [-0.2, -0.15) is 0 Å². The number of halogens is 2. The minimum atomic E-state index is 0.439. The second-order valence-corrected chi connectivity index (χ2v) is 4.23. The van der Waals surface area contributed by atoms with E-state index in [2.05, 4.69) is 10.3 Å². The van der Waals surface area contributed by atoms with Crippen LogP contribution in [0.1, 0.15) is 12.6 Å². The zero-order chi connectivity index (χ0) is 12.3. The van der Waals surface area contributed by atoms with Gasteiger partial charge < -0.3 is 4.74 Å². The lowest BCUT2D eigenvalue weighted by Crippen LogP contribution is -1.95. The molecule has 0 spiro atoms. The van der Waals surface area contributed by atoms with Gasteiger partial charge in [0, 0.05) is 11.6 Å². The molecule has 2 aromatic rings. The first-order chi connectivity index (χ1) is 8.20. The first-order valence-electron chi connectivity index (χ1n) is 5.15. The highest BCUT2D eigenvalue weighted by atomic mass is 35.5. The van der Waals surface area contributed by atoms with Crippen LogP contribution in [0.25, 0.3) is 5.69 Å². The SMILES string of the molecule is CCOCc1cn(-c2cc(Cl)ccc2Cl)nn1. The van der Waals surface area contributed by atoms with Gasteiger partial charge in [-0.1, -0.05) is 28.4 Å². The minimum Gasteiger partial charge on any atom is -0.375 e. The Morgan fingerprint density at radius 1 is 1.35 bits per heavy atom. The molecule has 0 aliphatic rings. The summed E-state index contributed by atoms with van der Waals surface area (Å²) in [7, 11) is 0. The van der Waals surface area contributed by atoms with Crippen molar-refractivity contribution in [3.63, 3.8) is 0 Å². The van der Waals surface area contributed by atoms with Crippen LogP contribution in [0.2, 0.25) is 10.0 Å². The third-order valence-electron chi connectivity index (χ3n) is 2.15. The molecule has 17 heavy (non-hydrogen) atoms. The number of hydrogen-bond donors (Lipinski definition) is 0. The third kappa shape index (κ3) is 2.97. The van der Waals surface area contributed by atoms with Crippen molar-refractivity contribution in [3.05, 3.63) is 40.1 Å². The van der Waals surface area contributed by atoms with Gasteiger partial charge in [0.15, 0.2) is 0 Å². The Bertz CT molecular complexity index is 513. The van der Waals surface area contributed by atoms with Crippen LogP contribution in [0, 0.1) is 0 Å². The summed E-state index contributed by atoms with van der Waals surface area (Å²) in [5.74, 6) is 0. The van der Waals surface area contributed by atoms with Crippen LogP contribution in [0.5, 0.6) is 0 Å². The van der Waals surface area contributed by atoms with Crippen molar-refractivity contribution >= 4 is 23.2 Å². The van der Waals surface area contributed by atoms with Crippen molar-refractivity contribution in [1.82, 2.24) is 15.0 Å². The third-order valence-corrected chi connectivity index (χ3v) is 2.70. The minimum absolute atomic E-state index is 0.439. The molecule has 1 heterocycles. The predicted octanol–water partition coefficient (Wildman–Crippen LogP) is 3.11. The largest absolute Gasteiger partial charge is 0.375 e. The van der Waals surface area contributed by atoms with E-state index in [1.807, 2.05) is 6.92 Å². The van der Waals surface area contributed by atoms with E-state index in [0.717, 1.165) is 5.69 Å². The molecule has 0 radical (unpaired) electrons. The molecular formula is C11H11Cl2N3O. The monoisotopic (exact) mass is 271 g/mol. The molecule has 1 aromatic heterocycles. The van der Waals surface area contributed by atoms with Crippen molar-refractivity contribution in [2.75, 3.05) is 6.61 Å². The average molecular weight is 272 g/mol. The van der Waals surface area contributed by atoms with E-state index in [1.165, 1.54) is 0 Å². The van der Waals surface area contributed by atoms with Gasteiger partial charge >= 0.3 is 0 Å². The molecule has 0 fully saturated rings. The highest BCUT2D eigenvalue weighted by molar-refractivity contribution is 6.34. The summed E-state index contributed by atoms with van der Waals surface area (Å²) in [6, 6.07) is 5.19. The zero-order valence-electron chi connectivity index (χ0n) is 9.23. The van der Waals surface area contributed by atoms with Crippen molar-refractivity contribution in [2.45, 2.75) is 13.5 Å². The maximum atomic E-state index is 6.07. The standard InChI is InChI=1S/C11H11Cl2N3O/c1-2-17-7-9-6-16(15-14-9)11-5-8(12)3-4-10(11)13/h3-6H,2,7H2,1H3. The lowest BCUT2D eigenvalue weighted by molar-refractivity contribution is 0.131. The van der Waals surface area contributed by atoms with Gasteiger partial charge in [-0.05, 0) is 25.1 Å². The lowest BCUT2D eigenvalue weighted by Gasteiger charge is -2.03. The van der Waals surface area contributed by atoms with Gasteiger partial charge in [0.25, 0.3) is 0 Å². The van der Waals surface area contributed by atoms with Gasteiger partial charge in [0.1, 0.15) is 5.69 Å². The van der Waals surface area contributed by atoms with Gasteiger partial charge in [0.05, 0.1) is 23.5 Å². The molecule has 0 bridgehead atoms. The Balaban J connectivity index is 2.27. The molecule has 4 nitrogen and oxygen atoms in total. The number of aromatic nitrogens is 3. The Kier molecular flexibility index (Phi) is 3.99. The smallest absolute Gasteiger partial charge is 0.109 e. The fourth-order valence-corrected chi connectivity index (χ4v) is 1.72. The van der Waals surface area contributed by atoms with E-state index < -0.39 is 0 Å². The van der Waals surface area contributed by atoms with Crippen LogP contribution in [-0.4, -0.2) is 21.6 Å². The Morgan fingerprint density at radius 2 is 2.18 bits per heavy atom. The summed E-state index contributed by atoms with van der Waals surface area (Å²) >= 11 is 12.0. The second kappa shape index (κ2) is 5.49. The van der Waals surface area contributed by atoms with E-state index in [-0.39, 0.29) is 0 Å². The maximum absolute atomic E-state index is 6.07. The Morgan fingerprint density at radius 3 is 2.94 bits per heavy atom. The normalized spacial score (nSPS) is 10.8. The molecule has 90 valence electrons. The highest BCUT2D eigenvalue weighted by Crippen LogP contribution is 2.23. The lowest BCUT2D eigenvalue weighted by atomic mass is 10.3. The van der Waals surface area contributed by atoms with E-state index in [4.69, 9.17) is 27.9 Å². The summed E-state index contributed by atoms with van der Waals surface area (Å²) in [6.45, 7) is 3.01. The summed E-state index contributed by atoms with van der Waals surface area (Å²) in [5, 5.41) is 9.15. The summed E-state index contributed by atoms with van der Waals surface area (Å²) in [4.78, 5) is 0. The molecule has 0 amide bonds. The van der Waals surface area contributed by atoms with Crippen LogP contribution < -0.4 is 0 Å². The maximum Gasteiger partial charge on any atom is 0.109 e. The Labute approximate surface area is 109 Å². The molecule has 6 heteroatoms. The number of nitrogens with zero attached hydrogens (tertiary/aromatic N) is 3. The molecule has 0 aliphatic carbocycles. The summed E-state index contributed by atoms with van der Waals surface area (Å²) in [6.07, 6.45) is 1.77. The molecule has 1 aromatic carbocycles. The molecule has 2 rings (SSSR count). The second-order valence-electron chi connectivity index (χ2n) is 3.39. The number of rotatable bonds is 4. The first kappa shape index (κ1) is 12.4. The highest BCUT2D eigenvalue weighted by Gasteiger charge is 2.07. The van der Waals surface area contributed by atoms with Crippen LogP contribution in [0.4, 0.5) is 0 Å². The molecular weight excluding hydrogens is 261 g/mol. The topological polar surface area (TPSA) is 39.9 Å². The number of benzene rings is 1. The molecule has 0 unspecified atom stereocenters. The fourth-order valence-electron chi connectivity index (χ4n) is 1.35. The predicted molar refractivity (Wildman–Crippen MR) is 66.7 cm³/mol. The summed E-state index contributed by atoms with van der Waals surface area (Å²) in [5.41, 5.74) is 1.46. The van der Waals surface area contributed by atoms with E-state index in [0.29, 0.717) is 28.9 Å². The van der Waals surface area contributed by atoms with E-state index in [9.17, 15) is 0 Å². The van der Waals surface area contributed by atoms with E-state index in [1.54, 1.807) is 29.1 Å². The van der Waals surface area contributed by atoms with Crippen LogP contribution in [-0.2, 0) is 11.3 Å². The van der Waals surface area contributed by atoms with Gasteiger partial charge in [-0.3, -0.25) is 0 Å². The van der Waals surface area contributed by atoms with Crippen LogP contribution >= 0.6 is 23.2 Å².